The molecule has 5 nitrogen and oxygen atoms in total. The van der Waals surface area contributed by atoms with Gasteiger partial charge in [0.2, 0.25) is 10.0 Å². The van der Waals surface area contributed by atoms with Crippen molar-refractivity contribution in [3.05, 3.63) is 29.8 Å². The van der Waals surface area contributed by atoms with Gasteiger partial charge in [-0.15, -0.1) is 0 Å². The van der Waals surface area contributed by atoms with Crippen LogP contribution in [0.1, 0.15) is 25.3 Å². The van der Waals surface area contributed by atoms with Gasteiger partial charge < -0.3 is 5.32 Å². The van der Waals surface area contributed by atoms with Crippen molar-refractivity contribution in [3.63, 3.8) is 0 Å². The van der Waals surface area contributed by atoms with Crippen LogP contribution in [0.3, 0.4) is 0 Å². The zero-order valence-corrected chi connectivity index (χ0v) is 13.6. The Bertz CT molecular complexity index is 535. The lowest BCUT2D eigenvalue weighted by Crippen LogP contribution is -2.46. The molecule has 0 radical (unpaired) electrons. The third kappa shape index (κ3) is 4.78. The number of nitrogens with one attached hydrogen (secondary N) is 2. The summed E-state index contributed by atoms with van der Waals surface area (Å²) < 4.78 is 27.1. The van der Waals surface area contributed by atoms with E-state index >= 15 is 0 Å². The van der Waals surface area contributed by atoms with Crippen LogP contribution in [0.4, 0.5) is 0 Å². The van der Waals surface area contributed by atoms with Gasteiger partial charge in [0, 0.05) is 39.3 Å². The molecule has 2 rings (SSSR count). The third-order valence-electron chi connectivity index (χ3n) is 3.79. The first-order valence-corrected chi connectivity index (χ1v) is 9.00. The molecule has 1 aromatic carbocycles. The molecule has 2 N–H and O–H groups in total. The molecule has 1 aromatic rings. The van der Waals surface area contributed by atoms with Crippen molar-refractivity contribution in [2.45, 2.75) is 24.7 Å². The Labute approximate surface area is 127 Å². The van der Waals surface area contributed by atoms with Gasteiger partial charge in [-0.1, -0.05) is 26.0 Å². The lowest BCUT2D eigenvalue weighted by molar-refractivity contribution is 0.245. The summed E-state index contributed by atoms with van der Waals surface area (Å²) in [5.41, 5.74) is 1.15. The fraction of sp³-hybridized carbons (Fsp3) is 0.600. The summed E-state index contributed by atoms with van der Waals surface area (Å²) in [6.45, 7) is 9.30. The summed E-state index contributed by atoms with van der Waals surface area (Å²) >= 11 is 0. The van der Waals surface area contributed by atoms with Crippen LogP contribution in [0.25, 0.3) is 0 Å². The molecule has 1 aliphatic rings. The van der Waals surface area contributed by atoms with Gasteiger partial charge in [-0.25, -0.2) is 13.1 Å². The lowest BCUT2D eigenvalue weighted by Gasteiger charge is -2.27. The summed E-state index contributed by atoms with van der Waals surface area (Å²) in [6, 6.07) is 7.13. The fourth-order valence-corrected chi connectivity index (χ4v) is 3.41. The molecule has 1 aliphatic heterocycles. The summed E-state index contributed by atoms with van der Waals surface area (Å²) in [5.74, 6) is 0.405. The molecule has 6 heteroatoms. The molecular weight excluding hydrogens is 286 g/mol. The SMILES string of the molecule is CC(C)c1ccc(S(=O)(=O)NCCN2CCNCC2)cc1. The molecule has 0 aromatic heterocycles. The maximum absolute atomic E-state index is 12.2. The van der Waals surface area contributed by atoms with E-state index in [1.54, 1.807) is 12.1 Å². The lowest BCUT2D eigenvalue weighted by atomic mass is 10.0. The Morgan fingerprint density at radius 1 is 1.19 bits per heavy atom. The van der Waals surface area contributed by atoms with Gasteiger partial charge in [0.25, 0.3) is 0 Å². The van der Waals surface area contributed by atoms with Crippen molar-refractivity contribution in [2.75, 3.05) is 39.3 Å². The maximum atomic E-state index is 12.2. The van der Waals surface area contributed by atoms with Crippen LogP contribution in [-0.2, 0) is 10.0 Å². The first-order chi connectivity index (χ1) is 9.99. The smallest absolute Gasteiger partial charge is 0.240 e. The highest BCUT2D eigenvalue weighted by atomic mass is 32.2. The van der Waals surface area contributed by atoms with Crippen molar-refractivity contribution >= 4 is 10.0 Å². The van der Waals surface area contributed by atoms with Gasteiger partial charge >= 0.3 is 0 Å². The second-order valence-corrected chi connectivity index (χ2v) is 7.48. The highest BCUT2D eigenvalue weighted by Gasteiger charge is 2.15. The van der Waals surface area contributed by atoms with Crippen LogP contribution in [0.15, 0.2) is 29.2 Å². The number of rotatable bonds is 6. The normalized spacial score (nSPS) is 17.3. The van der Waals surface area contributed by atoms with Crippen LogP contribution in [-0.4, -0.2) is 52.6 Å². The van der Waals surface area contributed by atoms with E-state index in [4.69, 9.17) is 0 Å². The van der Waals surface area contributed by atoms with Crippen LogP contribution in [0.5, 0.6) is 0 Å². The number of nitrogens with zero attached hydrogens (tertiary/aromatic N) is 1. The monoisotopic (exact) mass is 311 g/mol. The first kappa shape index (κ1) is 16.4. The summed E-state index contributed by atoms with van der Waals surface area (Å²) in [7, 11) is -3.40. The molecule has 118 valence electrons. The van der Waals surface area contributed by atoms with E-state index in [-0.39, 0.29) is 0 Å². The van der Waals surface area contributed by atoms with E-state index in [2.05, 4.69) is 28.8 Å². The summed E-state index contributed by atoms with van der Waals surface area (Å²) in [5, 5.41) is 3.28. The second kappa shape index (κ2) is 7.35. The van der Waals surface area contributed by atoms with Gasteiger partial charge in [-0.3, -0.25) is 4.90 Å². The van der Waals surface area contributed by atoms with Gasteiger partial charge in [-0.2, -0.15) is 0 Å². The predicted molar refractivity (Wildman–Crippen MR) is 85.0 cm³/mol. The summed E-state index contributed by atoms with van der Waals surface area (Å²) in [6.07, 6.45) is 0. The molecule has 1 saturated heterocycles. The van der Waals surface area contributed by atoms with Crippen LogP contribution < -0.4 is 10.0 Å². The van der Waals surface area contributed by atoms with E-state index in [9.17, 15) is 8.42 Å². The van der Waals surface area contributed by atoms with Gasteiger partial charge in [0.1, 0.15) is 0 Å². The van der Waals surface area contributed by atoms with Gasteiger partial charge in [0.05, 0.1) is 4.90 Å². The molecule has 0 unspecified atom stereocenters. The number of sulfonamides is 1. The molecule has 0 amide bonds. The van der Waals surface area contributed by atoms with Crippen molar-refractivity contribution in [2.24, 2.45) is 0 Å². The molecule has 0 aliphatic carbocycles. The molecule has 1 heterocycles. The van der Waals surface area contributed by atoms with Crippen molar-refractivity contribution in [1.82, 2.24) is 14.9 Å². The van der Waals surface area contributed by atoms with Gasteiger partial charge in [0.15, 0.2) is 0 Å². The highest BCUT2D eigenvalue weighted by molar-refractivity contribution is 7.89. The quantitative estimate of drug-likeness (QED) is 0.822. The number of hydrogen-bond acceptors (Lipinski definition) is 4. The predicted octanol–water partition coefficient (Wildman–Crippen LogP) is 0.994. The second-order valence-electron chi connectivity index (χ2n) is 5.71. The highest BCUT2D eigenvalue weighted by Crippen LogP contribution is 2.17. The first-order valence-electron chi connectivity index (χ1n) is 7.52. The Morgan fingerprint density at radius 2 is 1.81 bits per heavy atom. The van der Waals surface area contributed by atoms with Crippen molar-refractivity contribution in [1.29, 1.82) is 0 Å². The Kier molecular flexibility index (Phi) is 5.75. The molecule has 0 saturated carbocycles. The zero-order chi connectivity index (χ0) is 15.3. The summed E-state index contributed by atoms with van der Waals surface area (Å²) in [4.78, 5) is 2.60. The molecule has 0 atom stereocenters. The number of benzene rings is 1. The number of piperazine rings is 1. The average Bonchev–Trinajstić information content (AvgIpc) is 2.48. The minimum absolute atomic E-state index is 0.340. The van der Waals surface area contributed by atoms with E-state index in [1.165, 1.54) is 0 Å². The van der Waals surface area contributed by atoms with E-state index < -0.39 is 10.0 Å². The topological polar surface area (TPSA) is 61.4 Å². The Morgan fingerprint density at radius 3 is 2.38 bits per heavy atom. The third-order valence-corrected chi connectivity index (χ3v) is 5.26. The van der Waals surface area contributed by atoms with Crippen LogP contribution in [0.2, 0.25) is 0 Å². The number of hydrogen-bond donors (Lipinski definition) is 2. The molecule has 21 heavy (non-hydrogen) atoms. The standard InChI is InChI=1S/C15H25N3O2S/c1-13(2)14-3-5-15(6-4-14)21(19,20)17-9-12-18-10-7-16-8-11-18/h3-6,13,16-17H,7-12H2,1-2H3. The Hall–Kier alpha value is -0.950. The van der Waals surface area contributed by atoms with E-state index in [0.29, 0.717) is 17.4 Å². The minimum atomic E-state index is -3.40. The van der Waals surface area contributed by atoms with Crippen molar-refractivity contribution < 1.29 is 8.42 Å². The van der Waals surface area contributed by atoms with E-state index in [0.717, 1.165) is 38.3 Å². The van der Waals surface area contributed by atoms with Crippen molar-refractivity contribution in [3.8, 4) is 0 Å². The Balaban J connectivity index is 1.88. The average molecular weight is 311 g/mol. The van der Waals surface area contributed by atoms with Crippen LogP contribution in [0, 0.1) is 0 Å². The largest absolute Gasteiger partial charge is 0.314 e. The maximum Gasteiger partial charge on any atom is 0.240 e. The van der Waals surface area contributed by atoms with E-state index in [1.807, 2.05) is 12.1 Å². The zero-order valence-electron chi connectivity index (χ0n) is 12.8. The van der Waals surface area contributed by atoms with Gasteiger partial charge in [-0.05, 0) is 23.6 Å². The minimum Gasteiger partial charge on any atom is -0.314 e. The van der Waals surface area contributed by atoms with Crippen LogP contribution >= 0.6 is 0 Å². The molecule has 0 bridgehead atoms. The molecule has 1 fully saturated rings. The fourth-order valence-electron chi connectivity index (χ4n) is 2.39. The molecular formula is C15H25N3O2S. The molecule has 0 spiro atoms.